The molecule has 0 saturated carbocycles. The summed E-state index contributed by atoms with van der Waals surface area (Å²) in [7, 11) is 0. The van der Waals surface area contributed by atoms with Gasteiger partial charge in [-0.25, -0.2) is 0 Å². The van der Waals surface area contributed by atoms with E-state index in [4.69, 9.17) is 37.6 Å². The van der Waals surface area contributed by atoms with Crippen LogP contribution >= 0.6 is 0 Å². The van der Waals surface area contributed by atoms with Crippen LogP contribution in [0.4, 0.5) is 0 Å². The van der Waals surface area contributed by atoms with E-state index in [1.165, 1.54) is 0 Å². The molecule has 15 nitrogen and oxygen atoms in total. The number of carbonyl (C=O) groups excluding carboxylic acids is 2. The minimum Gasteiger partial charge on any atom is -0.481 e. The predicted octanol–water partition coefficient (Wildman–Crippen LogP) is -4.58. The minimum absolute atomic E-state index is 0.310. The SMILES string of the molecule is NC(=O)C[C@H](N)C(=O)O.NC(=O)C[C@H](N)C(=O)O.N[C@@H](CC(=O)O)C(=O)O. The van der Waals surface area contributed by atoms with Crippen LogP contribution in [0.15, 0.2) is 0 Å². The van der Waals surface area contributed by atoms with Crippen molar-refractivity contribution >= 4 is 35.7 Å². The van der Waals surface area contributed by atoms with Gasteiger partial charge in [-0.05, 0) is 0 Å². The molecule has 15 heteroatoms. The number of carbonyl (C=O) groups is 6. The zero-order valence-corrected chi connectivity index (χ0v) is 14.0. The topological polar surface area (TPSA) is 313 Å². The fourth-order valence-corrected chi connectivity index (χ4v) is 0.884. The molecule has 0 aromatic rings. The van der Waals surface area contributed by atoms with Crippen LogP contribution < -0.4 is 28.7 Å². The van der Waals surface area contributed by atoms with E-state index in [0.717, 1.165) is 0 Å². The fraction of sp³-hybridized carbons (Fsp3) is 0.500. The maximum absolute atomic E-state index is 9.99. The molecular weight excluding hydrogens is 374 g/mol. The Morgan fingerprint density at radius 1 is 0.556 bits per heavy atom. The van der Waals surface area contributed by atoms with Gasteiger partial charge in [-0.2, -0.15) is 0 Å². The molecule has 0 unspecified atom stereocenters. The number of aliphatic carboxylic acids is 4. The number of primary amides is 2. The van der Waals surface area contributed by atoms with Gasteiger partial charge in [0, 0.05) is 0 Å². The van der Waals surface area contributed by atoms with Gasteiger partial charge in [-0.15, -0.1) is 0 Å². The van der Waals surface area contributed by atoms with E-state index in [2.05, 4.69) is 11.5 Å². The predicted molar refractivity (Wildman–Crippen MR) is 86.7 cm³/mol. The first kappa shape index (κ1) is 28.5. The smallest absolute Gasteiger partial charge is 0.321 e. The molecule has 0 radical (unpaired) electrons. The standard InChI is InChI=1S/2C4H8N2O3.C4H7NO4/c3*5-2(4(8)9)1-3(6)7/h2*2H,1,5H2,(H2,6,7)(H,8,9);2H,1,5H2,(H,6,7)(H,8,9)/t3*2-/m000/s1. The molecule has 2 amide bonds. The highest BCUT2D eigenvalue weighted by Crippen LogP contribution is 1.86. The number of rotatable bonds is 9. The summed E-state index contributed by atoms with van der Waals surface area (Å²) >= 11 is 0. The van der Waals surface area contributed by atoms with Crippen molar-refractivity contribution in [2.75, 3.05) is 0 Å². The lowest BCUT2D eigenvalue weighted by Gasteiger charge is -1.99. The Bertz CT molecular complexity index is 477. The van der Waals surface area contributed by atoms with E-state index in [-0.39, 0.29) is 12.8 Å². The number of nitrogens with two attached hydrogens (primary N) is 5. The van der Waals surface area contributed by atoms with Crippen LogP contribution in [0.2, 0.25) is 0 Å². The van der Waals surface area contributed by atoms with E-state index < -0.39 is 60.2 Å². The van der Waals surface area contributed by atoms with Gasteiger partial charge >= 0.3 is 23.9 Å². The molecule has 27 heavy (non-hydrogen) atoms. The zero-order valence-electron chi connectivity index (χ0n) is 14.0. The van der Waals surface area contributed by atoms with Crippen molar-refractivity contribution in [3.05, 3.63) is 0 Å². The lowest BCUT2D eigenvalue weighted by Crippen LogP contribution is -2.34. The fourth-order valence-electron chi connectivity index (χ4n) is 0.884. The summed E-state index contributed by atoms with van der Waals surface area (Å²) < 4.78 is 0. The average Bonchev–Trinajstić information content (AvgIpc) is 2.46. The monoisotopic (exact) mass is 397 g/mol. The first-order chi connectivity index (χ1) is 12.1. The van der Waals surface area contributed by atoms with Gasteiger partial charge in [-0.3, -0.25) is 28.8 Å². The van der Waals surface area contributed by atoms with Crippen LogP contribution in [-0.4, -0.2) is 74.2 Å². The third-order valence-electron chi connectivity index (χ3n) is 2.19. The molecule has 14 N–H and O–H groups in total. The summed E-state index contributed by atoms with van der Waals surface area (Å²) in [6, 6.07) is -3.62. The van der Waals surface area contributed by atoms with Crippen molar-refractivity contribution in [3.8, 4) is 0 Å². The second kappa shape index (κ2) is 15.0. The second-order valence-electron chi connectivity index (χ2n) is 4.77. The van der Waals surface area contributed by atoms with Crippen LogP contribution in [0.3, 0.4) is 0 Å². The molecule has 3 atom stereocenters. The lowest BCUT2D eigenvalue weighted by molar-refractivity contribution is -0.144. The molecule has 0 spiro atoms. The highest BCUT2D eigenvalue weighted by molar-refractivity contribution is 5.83. The summed E-state index contributed by atoms with van der Waals surface area (Å²) in [5.41, 5.74) is 24.0. The van der Waals surface area contributed by atoms with Crippen molar-refractivity contribution in [1.82, 2.24) is 0 Å². The molecule has 0 rings (SSSR count). The Balaban J connectivity index is -0.000000320. The van der Waals surface area contributed by atoms with Crippen LogP contribution in [0, 0.1) is 0 Å². The molecule has 0 fully saturated rings. The third-order valence-corrected chi connectivity index (χ3v) is 2.19. The quantitative estimate of drug-likeness (QED) is 0.177. The van der Waals surface area contributed by atoms with E-state index in [0.29, 0.717) is 0 Å². The van der Waals surface area contributed by atoms with Crippen molar-refractivity contribution in [3.63, 3.8) is 0 Å². The minimum atomic E-state index is -1.29. The molecule has 0 aliphatic carbocycles. The van der Waals surface area contributed by atoms with Crippen LogP contribution in [0.25, 0.3) is 0 Å². The van der Waals surface area contributed by atoms with Gasteiger partial charge in [0.25, 0.3) is 0 Å². The van der Waals surface area contributed by atoms with Crippen LogP contribution in [0.1, 0.15) is 19.3 Å². The Labute approximate surface area is 152 Å². The average molecular weight is 397 g/mol. The van der Waals surface area contributed by atoms with Gasteiger partial charge < -0.3 is 49.1 Å². The van der Waals surface area contributed by atoms with Gasteiger partial charge in [0.05, 0.1) is 19.3 Å². The molecule has 0 bridgehead atoms. The first-order valence-corrected chi connectivity index (χ1v) is 6.85. The number of hydrogen-bond donors (Lipinski definition) is 9. The molecule has 0 aromatic heterocycles. The summed E-state index contributed by atoms with van der Waals surface area (Å²) in [5.74, 6) is -6.33. The van der Waals surface area contributed by atoms with E-state index in [9.17, 15) is 28.8 Å². The molecule has 0 aromatic carbocycles. The van der Waals surface area contributed by atoms with Gasteiger partial charge in [0.1, 0.15) is 18.1 Å². The highest BCUT2D eigenvalue weighted by Gasteiger charge is 2.15. The van der Waals surface area contributed by atoms with E-state index >= 15 is 0 Å². The van der Waals surface area contributed by atoms with Gasteiger partial charge in [0.2, 0.25) is 11.8 Å². The Kier molecular flexibility index (Phi) is 15.8. The maximum Gasteiger partial charge on any atom is 0.321 e. The number of hydrogen-bond acceptors (Lipinski definition) is 9. The maximum atomic E-state index is 9.99. The molecule has 0 saturated heterocycles. The van der Waals surface area contributed by atoms with Crippen molar-refractivity contribution in [2.45, 2.75) is 37.4 Å². The normalized spacial score (nSPS) is 12.6. The summed E-state index contributed by atoms with van der Waals surface area (Å²) in [6.45, 7) is 0. The summed E-state index contributed by atoms with van der Waals surface area (Å²) in [5, 5.41) is 32.2. The van der Waals surface area contributed by atoms with E-state index in [1.807, 2.05) is 0 Å². The Morgan fingerprint density at radius 2 is 0.778 bits per heavy atom. The van der Waals surface area contributed by atoms with Crippen LogP contribution in [-0.2, 0) is 28.8 Å². The first-order valence-electron chi connectivity index (χ1n) is 6.85. The lowest BCUT2D eigenvalue weighted by atomic mass is 10.2. The molecule has 0 aliphatic heterocycles. The largest absolute Gasteiger partial charge is 0.481 e. The molecule has 0 heterocycles. The number of amides is 2. The van der Waals surface area contributed by atoms with Gasteiger partial charge in [0.15, 0.2) is 0 Å². The molecule has 156 valence electrons. The second-order valence-corrected chi connectivity index (χ2v) is 4.77. The Morgan fingerprint density at radius 3 is 0.852 bits per heavy atom. The molecular formula is C12H23N5O10. The van der Waals surface area contributed by atoms with Crippen LogP contribution in [0.5, 0.6) is 0 Å². The molecule has 0 aliphatic rings. The third kappa shape index (κ3) is 22.7. The zero-order chi connectivity index (χ0) is 22.3. The van der Waals surface area contributed by atoms with Crippen molar-refractivity contribution in [2.24, 2.45) is 28.7 Å². The highest BCUT2D eigenvalue weighted by atomic mass is 16.4. The number of carboxylic acid groups (broad SMARTS) is 4. The van der Waals surface area contributed by atoms with E-state index in [1.54, 1.807) is 0 Å². The van der Waals surface area contributed by atoms with Crippen molar-refractivity contribution in [1.29, 1.82) is 0 Å². The summed E-state index contributed by atoms with van der Waals surface area (Å²) in [6.07, 6.45) is -1.15. The van der Waals surface area contributed by atoms with Gasteiger partial charge in [-0.1, -0.05) is 0 Å². The number of carboxylic acids is 4. The van der Waals surface area contributed by atoms with Crippen molar-refractivity contribution < 1.29 is 49.2 Å². The summed E-state index contributed by atoms with van der Waals surface area (Å²) in [4.78, 5) is 59.4. The Hall–Kier alpha value is -3.30.